The molecule has 0 bridgehead atoms. The first-order valence-electron chi connectivity index (χ1n) is 5.94. The highest BCUT2D eigenvalue weighted by Gasteiger charge is 2.08. The second kappa shape index (κ2) is 5.95. The van der Waals surface area contributed by atoms with Crippen LogP contribution in [0.2, 0.25) is 0 Å². The van der Waals surface area contributed by atoms with E-state index in [1.807, 2.05) is 31.2 Å². The lowest BCUT2D eigenvalue weighted by Gasteiger charge is -2.11. The molecule has 0 saturated carbocycles. The van der Waals surface area contributed by atoms with Crippen molar-refractivity contribution in [2.75, 3.05) is 19.5 Å². The zero-order chi connectivity index (χ0) is 13.7. The molecule has 1 aromatic heterocycles. The molecule has 2 N–H and O–H groups in total. The number of para-hydroxylation sites is 2. The van der Waals surface area contributed by atoms with Crippen LogP contribution in [-0.2, 0) is 0 Å². The molecule has 1 aromatic carbocycles. The predicted molar refractivity (Wildman–Crippen MR) is 72.9 cm³/mol. The van der Waals surface area contributed by atoms with Crippen molar-refractivity contribution >= 4 is 5.69 Å². The van der Waals surface area contributed by atoms with E-state index in [0.717, 1.165) is 0 Å². The molecule has 0 aliphatic heterocycles. The molecule has 0 atom stereocenters. The maximum Gasteiger partial charge on any atom is 0.240 e. The lowest BCUT2D eigenvalue weighted by atomic mass is 10.3. The van der Waals surface area contributed by atoms with Crippen LogP contribution in [0.25, 0.3) is 0 Å². The van der Waals surface area contributed by atoms with Crippen molar-refractivity contribution in [3.63, 3.8) is 0 Å². The summed E-state index contributed by atoms with van der Waals surface area (Å²) in [6.45, 7) is 2.49. The predicted octanol–water partition coefficient (Wildman–Crippen LogP) is 2.86. The molecule has 0 saturated heterocycles. The smallest absolute Gasteiger partial charge is 0.240 e. The fraction of sp³-hybridized carbons (Fsp3) is 0.214. The molecule has 0 amide bonds. The second-order valence-corrected chi connectivity index (χ2v) is 3.73. The van der Waals surface area contributed by atoms with E-state index in [0.29, 0.717) is 35.6 Å². The molecule has 0 aliphatic rings. The van der Waals surface area contributed by atoms with E-state index < -0.39 is 0 Å². The summed E-state index contributed by atoms with van der Waals surface area (Å²) in [4.78, 5) is 4.16. The SMILES string of the molecule is CCOc1ccccc1Oc1ccc(N)c(OC)n1. The molecule has 0 spiro atoms. The van der Waals surface area contributed by atoms with Gasteiger partial charge in [0.15, 0.2) is 11.5 Å². The molecule has 100 valence electrons. The van der Waals surface area contributed by atoms with Gasteiger partial charge < -0.3 is 19.9 Å². The van der Waals surface area contributed by atoms with Gasteiger partial charge in [-0.2, -0.15) is 4.98 Å². The normalized spacial score (nSPS) is 10.0. The van der Waals surface area contributed by atoms with Crippen molar-refractivity contribution < 1.29 is 14.2 Å². The van der Waals surface area contributed by atoms with E-state index in [-0.39, 0.29) is 0 Å². The van der Waals surface area contributed by atoms with Crippen molar-refractivity contribution in [2.24, 2.45) is 0 Å². The van der Waals surface area contributed by atoms with Crippen molar-refractivity contribution in [1.82, 2.24) is 4.98 Å². The van der Waals surface area contributed by atoms with E-state index in [4.69, 9.17) is 19.9 Å². The molecule has 2 aromatic rings. The summed E-state index contributed by atoms with van der Waals surface area (Å²) in [5.74, 6) is 2.01. The number of hydrogen-bond donors (Lipinski definition) is 1. The number of aromatic nitrogens is 1. The number of methoxy groups -OCH3 is 1. The molecule has 1 heterocycles. The minimum Gasteiger partial charge on any atom is -0.490 e. The molecule has 0 aliphatic carbocycles. The summed E-state index contributed by atoms with van der Waals surface area (Å²) < 4.78 is 16.2. The van der Waals surface area contributed by atoms with Crippen molar-refractivity contribution in [2.45, 2.75) is 6.92 Å². The monoisotopic (exact) mass is 260 g/mol. The van der Waals surface area contributed by atoms with Crippen LogP contribution in [0.5, 0.6) is 23.3 Å². The van der Waals surface area contributed by atoms with Crippen LogP contribution in [0.15, 0.2) is 36.4 Å². The van der Waals surface area contributed by atoms with Gasteiger partial charge in [0.05, 0.1) is 19.4 Å². The van der Waals surface area contributed by atoms with Crippen molar-refractivity contribution in [1.29, 1.82) is 0 Å². The van der Waals surface area contributed by atoms with Crippen molar-refractivity contribution in [3.8, 4) is 23.3 Å². The third kappa shape index (κ3) is 3.07. The maximum absolute atomic E-state index is 5.70. The first kappa shape index (κ1) is 13.0. The third-order valence-corrected chi connectivity index (χ3v) is 2.42. The Kier molecular flexibility index (Phi) is 4.07. The number of nitrogens with zero attached hydrogens (tertiary/aromatic N) is 1. The molecular formula is C14H16N2O3. The van der Waals surface area contributed by atoms with Gasteiger partial charge in [-0.3, -0.25) is 0 Å². The van der Waals surface area contributed by atoms with E-state index in [1.54, 1.807) is 12.1 Å². The number of nitrogens with two attached hydrogens (primary N) is 1. The molecule has 2 rings (SSSR count). The minimum atomic E-state index is 0.339. The zero-order valence-corrected chi connectivity index (χ0v) is 10.9. The number of benzene rings is 1. The lowest BCUT2D eigenvalue weighted by molar-refractivity contribution is 0.318. The molecule has 5 heteroatoms. The number of nitrogen functional groups attached to an aromatic ring is 1. The number of ether oxygens (including phenoxy) is 3. The summed E-state index contributed by atoms with van der Waals surface area (Å²) in [6.07, 6.45) is 0. The van der Waals surface area contributed by atoms with E-state index >= 15 is 0 Å². The lowest BCUT2D eigenvalue weighted by Crippen LogP contribution is -1.98. The Balaban J connectivity index is 2.26. The standard InChI is InChI=1S/C14H16N2O3/c1-3-18-11-6-4-5-7-12(11)19-13-9-8-10(15)14(16-13)17-2/h4-9H,3,15H2,1-2H3. The molecule has 19 heavy (non-hydrogen) atoms. The summed E-state index contributed by atoms with van der Waals surface area (Å²) >= 11 is 0. The van der Waals surface area contributed by atoms with Gasteiger partial charge >= 0.3 is 0 Å². The third-order valence-electron chi connectivity index (χ3n) is 2.42. The Morgan fingerprint density at radius 3 is 2.53 bits per heavy atom. The summed E-state index contributed by atoms with van der Waals surface area (Å²) in [5, 5.41) is 0. The molecule has 5 nitrogen and oxygen atoms in total. The van der Waals surface area contributed by atoms with Gasteiger partial charge in [0.2, 0.25) is 11.8 Å². The zero-order valence-electron chi connectivity index (χ0n) is 10.9. The van der Waals surface area contributed by atoms with Gasteiger partial charge in [-0.25, -0.2) is 0 Å². The number of hydrogen-bond acceptors (Lipinski definition) is 5. The summed E-state index contributed by atoms with van der Waals surface area (Å²) in [5.41, 5.74) is 6.17. The molecule has 0 unspecified atom stereocenters. The highest BCUT2D eigenvalue weighted by atomic mass is 16.5. The Labute approximate surface area is 111 Å². The van der Waals surface area contributed by atoms with Gasteiger partial charge in [0, 0.05) is 6.07 Å². The van der Waals surface area contributed by atoms with E-state index in [2.05, 4.69) is 4.98 Å². The van der Waals surface area contributed by atoms with Gasteiger partial charge in [0.1, 0.15) is 0 Å². The average molecular weight is 260 g/mol. The summed E-state index contributed by atoms with van der Waals surface area (Å²) in [7, 11) is 1.51. The van der Waals surface area contributed by atoms with Gasteiger partial charge in [-0.1, -0.05) is 12.1 Å². The highest BCUT2D eigenvalue weighted by molar-refractivity contribution is 5.50. The number of pyridine rings is 1. The average Bonchev–Trinajstić information content (AvgIpc) is 2.43. The Hall–Kier alpha value is -2.43. The fourth-order valence-electron chi connectivity index (χ4n) is 1.58. The Bertz CT molecular complexity index is 558. The van der Waals surface area contributed by atoms with Crippen LogP contribution >= 0.6 is 0 Å². The minimum absolute atomic E-state index is 0.339. The quantitative estimate of drug-likeness (QED) is 0.895. The van der Waals surface area contributed by atoms with Gasteiger partial charge in [0.25, 0.3) is 0 Å². The number of anilines is 1. The molecule has 0 fully saturated rings. The fourth-order valence-corrected chi connectivity index (χ4v) is 1.58. The van der Waals surface area contributed by atoms with Crippen LogP contribution in [-0.4, -0.2) is 18.7 Å². The highest BCUT2D eigenvalue weighted by Crippen LogP contribution is 2.32. The topological polar surface area (TPSA) is 66.6 Å². The van der Waals surface area contributed by atoms with Gasteiger partial charge in [-0.05, 0) is 25.1 Å². The van der Waals surface area contributed by atoms with E-state index in [9.17, 15) is 0 Å². The van der Waals surface area contributed by atoms with Crippen molar-refractivity contribution in [3.05, 3.63) is 36.4 Å². The van der Waals surface area contributed by atoms with Crippen LogP contribution in [0.3, 0.4) is 0 Å². The Morgan fingerprint density at radius 1 is 1.11 bits per heavy atom. The second-order valence-electron chi connectivity index (χ2n) is 3.73. The first-order valence-corrected chi connectivity index (χ1v) is 5.94. The van der Waals surface area contributed by atoms with Crippen LogP contribution in [0.4, 0.5) is 5.69 Å². The van der Waals surface area contributed by atoms with Crippen LogP contribution in [0, 0.1) is 0 Å². The van der Waals surface area contributed by atoms with E-state index in [1.165, 1.54) is 7.11 Å². The molecule has 0 radical (unpaired) electrons. The summed E-state index contributed by atoms with van der Waals surface area (Å²) in [6, 6.07) is 10.8. The largest absolute Gasteiger partial charge is 0.490 e. The maximum atomic E-state index is 5.70. The first-order chi connectivity index (χ1) is 9.24. The Morgan fingerprint density at radius 2 is 1.84 bits per heavy atom. The number of rotatable bonds is 5. The van der Waals surface area contributed by atoms with Crippen LogP contribution in [0.1, 0.15) is 6.92 Å². The van der Waals surface area contributed by atoms with Gasteiger partial charge in [-0.15, -0.1) is 0 Å². The van der Waals surface area contributed by atoms with Crippen LogP contribution < -0.4 is 19.9 Å². The molecular weight excluding hydrogens is 244 g/mol.